The van der Waals surface area contributed by atoms with Crippen molar-refractivity contribution in [2.45, 2.75) is 20.8 Å². The summed E-state index contributed by atoms with van der Waals surface area (Å²) in [4.78, 5) is 22.0. The Labute approximate surface area is 101 Å². The maximum Gasteiger partial charge on any atom is 0.161 e. The largest absolute Gasteiger partial charge is 0.496 e. The maximum absolute atomic E-state index is 11.1. The zero-order chi connectivity index (χ0) is 13.0. The molecule has 1 rings (SSSR count). The minimum atomic E-state index is -0.720. The summed E-state index contributed by atoms with van der Waals surface area (Å²) in [5.41, 5.74) is 1.85. The lowest BCUT2D eigenvalue weighted by atomic mass is 9.84. The first-order valence-electron chi connectivity index (χ1n) is 5.41. The fraction of sp³-hybridized carbons (Fsp3) is 0.462. The molecule has 0 aromatic heterocycles. The number of carbonyl (C=O) groups excluding carboxylic acids is 2. The van der Waals surface area contributed by atoms with Crippen LogP contribution in [0.25, 0.3) is 0 Å². The van der Waals surface area contributed by atoms with Gasteiger partial charge in [0.2, 0.25) is 0 Å². The Kier molecular flexibility index (Phi) is 4.30. The Balaban J connectivity index is 3.45. The highest BCUT2D eigenvalue weighted by Gasteiger charge is 2.32. The Morgan fingerprint density at radius 3 is 2.41 bits per heavy atom. The fourth-order valence-electron chi connectivity index (χ4n) is 1.88. The van der Waals surface area contributed by atoms with Crippen LogP contribution in [0.4, 0.5) is 0 Å². The van der Waals surface area contributed by atoms with Crippen LogP contribution in [-0.2, 0) is 19.1 Å². The number of hydrogen-bond acceptors (Lipinski definition) is 4. The van der Waals surface area contributed by atoms with E-state index in [-0.39, 0.29) is 0 Å². The summed E-state index contributed by atoms with van der Waals surface area (Å²) in [5, 5.41) is 0. The van der Waals surface area contributed by atoms with Gasteiger partial charge >= 0.3 is 0 Å². The van der Waals surface area contributed by atoms with Crippen molar-refractivity contribution in [3.05, 3.63) is 28.2 Å². The van der Waals surface area contributed by atoms with Crippen molar-refractivity contribution in [1.29, 1.82) is 0 Å². The summed E-state index contributed by atoms with van der Waals surface area (Å²) in [5.74, 6) is 2.02. The van der Waals surface area contributed by atoms with Gasteiger partial charge in [-0.25, -0.2) is 4.79 Å². The second-order valence-corrected chi connectivity index (χ2v) is 3.71. The lowest BCUT2D eigenvalue weighted by molar-refractivity contribution is -0.110. The summed E-state index contributed by atoms with van der Waals surface area (Å²) >= 11 is 0. The lowest BCUT2D eigenvalue weighted by Crippen LogP contribution is -2.21. The van der Waals surface area contributed by atoms with Gasteiger partial charge in [-0.1, -0.05) is 0 Å². The SMILES string of the molecule is CCOC1=C(OC)C(C=O)C(=C=O)C(C)=C1C. The van der Waals surface area contributed by atoms with Crippen molar-refractivity contribution in [2.24, 2.45) is 5.92 Å². The molecule has 4 heteroatoms. The van der Waals surface area contributed by atoms with E-state index in [4.69, 9.17) is 9.47 Å². The van der Waals surface area contributed by atoms with Crippen LogP contribution in [0.3, 0.4) is 0 Å². The van der Waals surface area contributed by atoms with Crippen molar-refractivity contribution in [3.63, 3.8) is 0 Å². The van der Waals surface area contributed by atoms with Gasteiger partial charge in [0.1, 0.15) is 18.1 Å². The van der Waals surface area contributed by atoms with E-state index in [9.17, 15) is 9.59 Å². The minimum Gasteiger partial charge on any atom is -0.496 e. The molecule has 1 aliphatic carbocycles. The van der Waals surface area contributed by atoms with Gasteiger partial charge in [0.05, 0.1) is 19.3 Å². The Morgan fingerprint density at radius 1 is 1.35 bits per heavy atom. The average Bonchev–Trinajstić information content (AvgIpc) is 2.34. The molecule has 0 aromatic carbocycles. The van der Waals surface area contributed by atoms with Gasteiger partial charge in [0.25, 0.3) is 0 Å². The quantitative estimate of drug-likeness (QED) is 0.551. The first-order chi connectivity index (χ1) is 8.12. The summed E-state index contributed by atoms with van der Waals surface area (Å²) in [6, 6.07) is 0. The van der Waals surface area contributed by atoms with Crippen LogP contribution in [0, 0.1) is 5.92 Å². The van der Waals surface area contributed by atoms with Crippen molar-refractivity contribution in [3.8, 4) is 0 Å². The van der Waals surface area contributed by atoms with Crippen molar-refractivity contribution >= 4 is 12.2 Å². The highest BCUT2D eigenvalue weighted by molar-refractivity contribution is 5.78. The van der Waals surface area contributed by atoms with E-state index in [1.807, 2.05) is 19.8 Å². The highest BCUT2D eigenvalue weighted by atomic mass is 16.5. The van der Waals surface area contributed by atoms with Crippen LogP contribution in [0.2, 0.25) is 0 Å². The number of hydrogen-bond donors (Lipinski definition) is 0. The Bertz CT molecular complexity index is 436. The number of methoxy groups -OCH3 is 1. The van der Waals surface area contributed by atoms with E-state index < -0.39 is 5.92 Å². The number of aldehydes is 1. The van der Waals surface area contributed by atoms with Gasteiger partial charge < -0.3 is 14.3 Å². The van der Waals surface area contributed by atoms with Crippen LogP contribution >= 0.6 is 0 Å². The number of allylic oxidation sites excluding steroid dienone is 3. The van der Waals surface area contributed by atoms with E-state index in [0.29, 0.717) is 30.0 Å². The molecule has 0 N–H and O–H groups in total. The standard InChI is InChI=1S/C13H16O4/c1-5-17-12-9(3)8(2)10(6-14)11(7-15)13(12)16-4/h7,11H,5H2,1-4H3. The maximum atomic E-state index is 11.1. The predicted octanol–water partition coefficient (Wildman–Crippen LogP) is 1.80. The van der Waals surface area contributed by atoms with Crippen molar-refractivity contribution in [2.75, 3.05) is 13.7 Å². The molecule has 92 valence electrons. The normalized spacial score (nSPS) is 20.2. The molecular weight excluding hydrogens is 220 g/mol. The van der Waals surface area contributed by atoms with E-state index in [2.05, 4.69) is 0 Å². The third kappa shape index (κ3) is 2.17. The summed E-state index contributed by atoms with van der Waals surface area (Å²) in [6.45, 7) is 5.93. The van der Waals surface area contributed by atoms with Gasteiger partial charge in [-0.15, -0.1) is 0 Å². The summed E-state index contributed by atoms with van der Waals surface area (Å²) < 4.78 is 10.7. The fourth-order valence-corrected chi connectivity index (χ4v) is 1.88. The van der Waals surface area contributed by atoms with Crippen LogP contribution in [0.1, 0.15) is 20.8 Å². The third-order valence-electron chi connectivity index (χ3n) is 2.88. The second kappa shape index (κ2) is 5.51. The predicted molar refractivity (Wildman–Crippen MR) is 62.8 cm³/mol. The topological polar surface area (TPSA) is 52.6 Å². The molecule has 0 saturated carbocycles. The number of carbonyl (C=O) groups is 1. The van der Waals surface area contributed by atoms with E-state index in [0.717, 1.165) is 11.1 Å². The molecule has 4 nitrogen and oxygen atoms in total. The number of ether oxygens (including phenoxy) is 2. The Hall–Kier alpha value is -1.80. The third-order valence-corrected chi connectivity index (χ3v) is 2.88. The monoisotopic (exact) mass is 236 g/mol. The van der Waals surface area contributed by atoms with Crippen LogP contribution in [-0.4, -0.2) is 25.9 Å². The zero-order valence-corrected chi connectivity index (χ0v) is 10.5. The van der Waals surface area contributed by atoms with E-state index in [1.54, 1.807) is 6.92 Å². The smallest absolute Gasteiger partial charge is 0.161 e. The van der Waals surface area contributed by atoms with Gasteiger partial charge in [-0.2, -0.15) is 0 Å². The average molecular weight is 236 g/mol. The molecule has 0 fully saturated rings. The summed E-state index contributed by atoms with van der Waals surface area (Å²) in [7, 11) is 1.46. The van der Waals surface area contributed by atoms with Crippen molar-refractivity contribution < 1.29 is 19.1 Å². The summed E-state index contributed by atoms with van der Waals surface area (Å²) in [6.07, 6.45) is 0.675. The van der Waals surface area contributed by atoms with Gasteiger partial charge in [-0.3, -0.25) is 0 Å². The minimum absolute atomic E-state index is 0.317. The lowest BCUT2D eigenvalue weighted by Gasteiger charge is -2.26. The Morgan fingerprint density at radius 2 is 2.00 bits per heavy atom. The van der Waals surface area contributed by atoms with E-state index >= 15 is 0 Å². The molecule has 0 saturated heterocycles. The van der Waals surface area contributed by atoms with Gasteiger partial charge in [0.15, 0.2) is 11.5 Å². The van der Waals surface area contributed by atoms with Crippen LogP contribution in [0.5, 0.6) is 0 Å². The molecule has 0 heterocycles. The molecule has 0 aromatic rings. The molecule has 1 atom stereocenters. The molecular formula is C13H16O4. The van der Waals surface area contributed by atoms with E-state index in [1.165, 1.54) is 7.11 Å². The van der Waals surface area contributed by atoms with Gasteiger partial charge in [0, 0.05) is 0 Å². The first kappa shape index (κ1) is 13.3. The van der Waals surface area contributed by atoms with Gasteiger partial charge in [-0.05, 0) is 31.9 Å². The molecule has 1 aliphatic rings. The van der Waals surface area contributed by atoms with Crippen LogP contribution in [0.15, 0.2) is 28.2 Å². The van der Waals surface area contributed by atoms with Crippen molar-refractivity contribution in [1.82, 2.24) is 0 Å². The number of rotatable bonds is 4. The molecule has 0 bridgehead atoms. The second-order valence-electron chi connectivity index (χ2n) is 3.71. The molecule has 0 radical (unpaired) electrons. The molecule has 17 heavy (non-hydrogen) atoms. The highest BCUT2D eigenvalue weighted by Crippen LogP contribution is 2.36. The molecule has 0 aliphatic heterocycles. The molecule has 0 amide bonds. The first-order valence-corrected chi connectivity index (χ1v) is 5.41. The molecule has 0 spiro atoms. The zero-order valence-electron chi connectivity index (χ0n) is 10.5. The van der Waals surface area contributed by atoms with Crippen LogP contribution < -0.4 is 0 Å². The molecule has 1 unspecified atom stereocenters.